The Kier molecular flexibility index (Phi) is 4.13. The van der Waals surface area contributed by atoms with Crippen LogP contribution in [0.3, 0.4) is 0 Å². The van der Waals surface area contributed by atoms with Crippen LogP contribution < -0.4 is 5.32 Å². The van der Waals surface area contributed by atoms with Gasteiger partial charge in [0, 0.05) is 27.0 Å². The first-order valence-corrected chi connectivity index (χ1v) is 8.62. The summed E-state index contributed by atoms with van der Waals surface area (Å²) in [4.78, 5) is 2.70. The lowest BCUT2D eigenvalue weighted by Crippen LogP contribution is -2.17. The van der Waals surface area contributed by atoms with E-state index in [0.717, 1.165) is 10.9 Å². The van der Waals surface area contributed by atoms with E-state index in [1.54, 1.807) is 11.3 Å². The highest BCUT2D eigenvalue weighted by molar-refractivity contribution is 7.19. The van der Waals surface area contributed by atoms with Crippen LogP contribution in [0.5, 0.6) is 0 Å². The van der Waals surface area contributed by atoms with Crippen molar-refractivity contribution in [3.8, 4) is 0 Å². The molecule has 4 heteroatoms. The maximum atomic E-state index is 5.96. The minimum Gasteiger partial charge on any atom is -0.305 e. The Labute approximate surface area is 132 Å². The van der Waals surface area contributed by atoms with Crippen LogP contribution in [-0.2, 0) is 6.54 Å². The number of hydrogen-bond acceptors (Lipinski definition) is 3. The Hall–Kier alpha value is -0.870. The summed E-state index contributed by atoms with van der Waals surface area (Å²) in [6.45, 7) is 5.31. The van der Waals surface area contributed by atoms with Crippen molar-refractivity contribution in [2.24, 2.45) is 0 Å². The molecule has 0 aliphatic rings. The van der Waals surface area contributed by atoms with Crippen LogP contribution in [-0.4, -0.2) is 0 Å². The topological polar surface area (TPSA) is 12.0 Å². The van der Waals surface area contributed by atoms with Crippen molar-refractivity contribution in [2.45, 2.75) is 26.4 Å². The van der Waals surface area contributed by atoms with Gasteiger partial charge in [0.1, 0.15) is 0 Å². The average Bonchev–Trinajstić information content (AvgIpc) is 3.01. The maximum Gasteiger partial charge on any atom is 0.0931 e. The molecule has 0 fully saturated rings. The molecule has 3 aromatic rings. The van der Waals surface area contributed by atoms with Gasteiger partial charge in [-0.1, -0.05) is 29.8 Å². The lowest BCUT2D eigenvalue weighted by molar-refractivity contribution is 0.585. The smallest absolute Gasteiger partial charge is 0.0931 e. The number of aryl methyl sites for hydroxylation is 1. The molecule has 1 aromatic carbocycles. The zero-order chi connectivity index (χ0) is 14.1. The SMILES string of the molecule is Cc1c(C(C)NCc2ccc(Cl)s2)sc2ccccc12. The maximum absolute atomic E-state index is 5.96. The van der Waals surface area contributed by atoms with E-state index in [2.05, 4.69) is 49.5 Å². The van der Waals surface area contributed by atoms with Gasteiger partial charge in [0.05, 0.1) is 4.34 Å². The normalized spacial score (nSPS) is 12.9. The van der Waals surface area contributed by atoms with E-state index >= 15 is 0 Å². The van der Waals surface area contributed by atoms with E-state index in [-0.39, 0.29) is 0 Å². The molecule has 0 aliphatic heterocycles. The molecule has 20 heavy (non-hydrogen) atoms. The van der Waals surface area contributed by atoms with Gasteiger partial charge in [0.25, 0.3) is 0 Å². The van der Waals surface area contributed by atoms with E-state index in [4.69, 9.17) is 11.6 Å². The van der Waals surface area contributed by atoms with Crippen LogP contribution in [0.4, 0.5) is 0 Å². The number of hydrogen-bond donors (Lipinski definition) is 1. The predicted octanol–water partition coefficient (Wildman–Crippen LogP) is 5.78. The van der Waals surface area contributed by atoms with E-state index in [1.165, 1.54) is 25.4 Å². The van der Waals surface area contributed by atoms with Gasteiger partial charge in [0.15, 0.2) is 0 Å². The highest BCUT2D eigenvalue weighted by Crippen LogP contribution is 2.34. The number of nitrogens with one attached hydrogen (secondary N) is 1. The zero-order valence-corrected chi connectivity index (χ0v) is 13.8. The first-order chi connectivity index (χ1) is 9.65. The molecule has 2 heterocycles. The second-order valence-corrected chi connectivity index (χ2v) is 7.78. The first kappa shape index (κ1) is 14.1. The lowest BCUT2D eigenvalue weighted by Gasteiger charge is -2.12. The van der Waals surface area contributed by atoms with Gasteiger partial charge in [-0.3, -0.25) is 0 Å². The van der Waals surface area contributed by atoms with Crippen molar-refractivity contribution in [1.82, 2.24) is 5.32 Å². The van der Waals surface area contributed by atoms with Gasteiger partial charge in [0.2, 0.25) is 0 Å². The molecule has 104 valence electrons. The van der Waals surface area contributed by atoms with Crippen LogP contribution in [0.25, 0.3) is 10.1 Å². The third-order valence-corrected chi connectivity index (χ3v) is 6.17. The highest BCUT2D eigenvalue weighted by Gasteiger charge is 2.14. The quantitative estimate of drug-likeness (QED) is 0.642. The average molecular weight is 322 g/mol. The Morgan fingerprint density at radius 1 is 1.15 bits per heavy atom. The summed E-state index contributed by atoms with van der Waals surface area (Å²) in [5.74, 6) is 0. The van der Waals surface area contributed by atoms with Crippen molar-refractivity contribution in [1.29, 1.82) is 0 Å². The van der Waals surface area contributed by atoms with Crippen LogP contribution >= 0.6 is 34.3 Å². The molecule has 0 saturated carbocycles. The second-order valence-electron chi connectivity index (χ2n) is 4.90. The molecule has 0 aliphatic carbocycles. The molecular weight excluding hydrogens is 306 g/mol. The Bertz CT molecular complexity index is 729. The molecule has 0 radical (unpaired) electrons. The number of rotatable bonds is 4. The van der Waals surface area contributed by atoms with Crippen LogP contribution in [0.2, 0.25) is 4.34 Å². The number of benzene rings is 1. The minimum atomic E-state index is 0.355. The molecule has 0 saturated heterocycles. The Balaban J connectivity index is 1.78. The third-order valence-electron chi connectivity index (χ3n) is 3.49. The van der Waals surface area contributed by atoms with Gasteiger partial charge < -0.3 is 5.32 Å². The van der Waals surface area contributed by atoms with Crippen molar-refractivity contribution < 1.29 is 0 Å². The molecule has 1 nitrogen and oxygen atoms in total. The lowest BCUT2D eigenvalue weighted by atomic mass is 10.1. The predicted molar refractivity (Wildman–Crippen MR) is 91.1 cm³/mol. The van der Waals surface area contributed by atoms with E-state index in [0.29, 0.717) is 6.04 Å². The summed E-state index contributed by atoms with van der Waals surface area (Å²) >= 11 is 9.49. The Morgan fingerprint density at radius 3 is 2.65 bits per heavy atom. The molecule has 0 spiro atoms. The van der Waals surface area contributed by atoms with E-state index < -0.39 is 0 Å². The summed E-state index contributed by atoms with van der Waals surface area (Å²) in [5.41, 5.74) is 1.40. The van der Waals surface area contributed by atoms with Gasteiger partial charge in [-0.25, -0.2) is 0 Å². The number of fused-ring (bicyclic) bond motifs is 1. The largest absolute Gasteiger partial charge is 0.305 e. The fourth-order valence-corrected chi connectivity index (χ4v) is 4.68. The van der Waals surface area contributed by atoms with Crippen molar-refractivity contribution >= 4 is 44.4 Å². The van der Waals surface area contributed by atoms with Crippen molar-refractivity contribution in [3.63, 3.8) is 0 Å². The summed E-state index contributed by atoms with van der Waals surface area (Å²) in [7, 11) is 0. The van der Waals surface area contributed by atoms with Crippen molar-refractivity contribution in [2.75, 3.05) is 0 Å². The van der Waals surface area contributed by atoms with Crippen LogP contribution in [0, 0.1) is 6.92 Å². The molecular formula is C16H16ClNS2. The van der Waals surface area contributed by atoms with E-state index in [1.807, 2.05) is 17.4 Å². The standard InChI is InChI=1S/C16H16ClNS2/c1-10-13-5-3-4-6-14(13)20-16(10)11(2)18-9-12-7-8-15(17)19-12/h3-8,11,18H,9H2,1-2H3. The van der Waals surface area contributed by atoms with Gasteiger partial charge in [-0.2, -0.15) is 0 Å². The molecule has 2 aromatic heterocycles. The molecule has 1 unspecified atom stereocenters. The second kappa shape index (κ2) is 5.86. The molecule has 0 bridgehead atoms. The third kappa shape index (κ3) is 2.77. The monoisotopic (exact) mass is 321 g/mol. The van der Waals surface area contributed by atoms with Gasteiger partial charge >= 0.3 is 0 Å². The van der Waals surface area contributed by atoms with Crippen molar-refractivity contribution in [3.05, 3.63) is 56.1 Å². The molecule has 0 amide bonds. The summed E-state index contributed by atoms with van der Waals surface area (Å²) in [6, 6.07) is 13.0. The fourth-order valence-electron chi connectivity index (χ4n) is 2.40. The van der Waals surface area contributed by atoms with Crippen LogP contribution in [0.15, 0.2) is 36.4 Å². The van der Waals surface area contributed by atoms with Gasteiger partial charge in [-0.05, 0) is 43.0 Å². The van der Waals surface area contributed by atoms with E-state index in [9.17, 15) is 0 Å². The van der Waals surface area contributed by atoms with Crippen LogP contribution in [0.1, 0.15) is 28.3 Å². The van der Waals surface area contributed by atoms with Gasteiger partial charge in [-0.15, -0.1) is 22.7 Å². The zero-order valence-electron chi connectivity index (χ0n) is 11.4. The number of thiophene rings is 2. The summed E-state index contributed by atoms with van der Waals surface area (Å²) in [5, 5.41) is 4.97. The Morgan fingerprint density at radius 2 is 1.95 bits per heavy atom. The molecule has 1 N–H and O–H groups in total. The summed E-state index contributed by atoms with van der Waals surface area (Å²) in [6.07, 6.45) is 0. The first-order valence-electron chi connectivity index (χ1n) is 6.61. The molecule has 3 rings (SSSR count). The minimum absolute atomic E-state index is 0.355. The highest BCUT2D eigenvalue weighted by atomic mass is 35.5. The summed E-state index contributed by atoms with van der Waals surface area (Å²) < 4.78 is 2.22. The fraction of sp³-hybridized carbons (Fsp3) is 0.250. The number of halogens is 1. The molecule has 1 atom stereocenters.